The van der Waals surface area contributed by atoms with E-state index in [1.807, 2.05) is 30.3 Å². The maximum Gasteiger partial charge on any atom is 0.339 e. The van der Waals surface area contributed by atoms with Gasteiger partial charge in [0.2, 0.25) is 11.8 Å². The van der Waals surface area contributed by atoms with Gasteiger partial charge in [0.25, 0.3) is 0 Å². The molecule has 0 spiro atoms. The fourth-order valence-electron chi connectivity index (χ4n) is 9.20. The fourth-order valence-corrected chi connectivity index (χ4v) is 9.20. The van der Waals surface area contributed by atoms with Gasteiger partial charge in [-0.25, -0.2) is 9.69 Å². The first-order chi connectivity index (χ1) is 25.1. The van der Waals surface area contributed by atoms with Gasteiger partial charge in [0.15, 0.2) is 11.6 Å². The third-order valence-corrected chi connectivity index (χ3v) is 11.4. The molecule has 3 aliphatic carbocycles. The summed E-state index contributed by atoms with van der Waals surface area (Å²) < 4.78 is 5.57. The molecule has 52 heavy (non-hydrogen) atoms. The van der Waals surface area contributed by atoms with Crippen LogP contribution in [0, 0.1) is 23.7 Å². The van der Waals surface area contributed by atoms with Crippen LogP contribution in [0.25, 0.3) is 5.57 Å². The lowest BCUT2D eigenvalue weighted by molar-refractivity contribution is -0.135. The Morgan fingerprint density at radius 3 is 2.21 bits per heavy atom. The number of hydrogen-bond acceptors (Lipinski definition) is 8. The minimum atomic E-state index is -1.53. The molecule has 1 saturated carbocycles. The lowest BCUT2D eigenvalue weighted by Gasteiger charge is -2.55. The molecule has 0 radical (unpaired) electrons. The summed E-state index contributed by atoms with van der Waals surface area (Å²) in [5.74, 6) is -7.72. The van der Waals surface area contributed by atoms with Crippen molar-refractivity contribution in [1.29, 1.82) is 0 Å². The zero-order valence-electron chi connectivity index (χ0n) is 27.9. The van der Waals surface area contributed by atoms with Crippen LogP contribution < -0.4 is 9.64 Å². The summed E-state index contributed by atoms with van der Waals surface area (Å²) in [5, 5.41) is 31.5. The first-order valence-electron chi connectivity index (χ1n) is 17.0. The maximum atomic E-state index is 15.1. The van der Waals surface area contributed by atoms with Crippen molar-refractivity contribution in [2.24, 2.45) is 23.7 Å². The number of rotatable bonds is 6. The number of carbonyl (C=O) groups excluding carboxylic acids is 4. The summed E-state index contributed by atoms with van der Waals surface area (Å²) in [6.45, 7) is 0. The van der Waals surface area contributed by atoms with E-state index in [9.17, 15) is 29.7 Å². The summed E-state index contributed by atoms with van der Waals surface area (Å²) in [4.78, 5) is 71.3. The first-order valence-corrected chi connectivity index (χ1v) is 17.0. The summed E-state index contributed by atoms with van der Waals surface area (Å²) in [6, 6.07) is 26.3. The van der Waals surface area contributed by atoms with Crippen molar-refractivity contribution in [3.8, 4) is 17.2 Å². The Kier molecular flexibility index (Phi) is 7.71. The van der Waals surface area contributed by atoms with Gasteiger partial charge in [-0.1, -0.05) is 72.3 Å². The normalized spacial score (nSPS) is 26.6. The fraction of sp³-hybridized carbons (Fsp3) is 0.214. The molecule has 0 aromatic heterocycles. The monoisotopic (exact) mass is 695 g/mol. The summed E-state index contributed by atoms with van der Waals surface area (Å²) in [6.07, 6.45) is 3.50. The smallest absolute Gasteiger partial charge is 0.339 e. The first kappa shape index (κ1) is 32.9. The highest BCUT2D eigenvalue weighted by Gasteiger charge is 2.66. The SMILES string of the molecule is COc1ccc(O)c([C@H]2C3=CC[C@@H]4C(=O)N(c5ccc(C(=O)O)c(O)c5)C(=O)[C@@H]4[C@@H]3C[C@H]3C(=O)C(c4ccccc4)=CC(=O)[C@@]23c2ccccc2)c1. The van der Waals surface area contributed by atoms with Gasteiger partial charge in [-0.3, -0.25) is 19.2 Å². The van der Waals surface area contributed by atoms with E-state index >= 15 is 9.59 Å². The van der Waals surface area contributed by atoms with Gasteiger partial charge in [0.05, 0.1) is 30.0 Å². The van der Waals surface area contributed by atoms with Gasteiger partial charge in [0.1, 0.15) is 22.8 Å². The van der Waals surface area contributed by atoms with Crippen LogP contribution in [0.3, 0.4) is 0 Å². The van der Waals surface area contributed by atoms with Crippen molar-refractivity contribution >= 4 is 40.6 Å². The number of ketones is 2. The van der Waals surface area contributed by atoms with Gasteiger partial charge >= 0.3 is 5.97 Å². The van der Waals surface area contributed by atoms with Crippen molar-refractivity contribution in [2.45, 2.75) is 24.2 Å². The molecule has 1 saturated heterocycles. The van der Waals surface area contributed by atoms with E-state index in [0.717, 1.165) is 17.0 Å². The van der Waals surface area contributed by atoms with E-state index < -0.39 is 58.5 Å². The quantitative estimate of drug-likeness (QED) is 0.167. The highest BCUT2D eigenvalue weighted by molar-refractivity contribution is 6.32. The largest absolute Gasteiger partial charge is 0.508 e. The number of nitrogens with zero attached hydrogens (tertiary/aromatic N) is 1. The summed E-state index contributed by atoms with van der Waals surface area (Å²) in [7, 11) is 1.49. The Bertz CT molecular complexity index is 2260. The van der Waals surface area contributed by atoms with Gasteiger partial charge in [0, 0.05) is 29.0 Å². The summed E-state index contributed by atoms with van der Waals surface area (Å²) >= 11 is 0. The van der Waals surface area contributed by atoms with Crippen LogP contribution in [-0.4, -0.2) is 51.8 Å². The highest BCUT2D eigenvalue weighted by Crippen LogP contribution is 2.64. The molecule has 4 aromatic carbocycles. The number of fused-ring (bicyclic) bond motifs is 4. The number of aromatic carboxylic acids is 1. The average Bonchev–Trinajstić information content (AvgIpc) is 3.41. The van der Waals surface area contributed by atoms with Gasteiger partial charge < -0.3 is 20.1 Å². The molecule has 6 atom stereocenters. The number of Topliss-reactive ketones (excluding diaryl/α,β-unsaturated/α-hetero) is 1. The van der Waals surface area contributed by atoms with E-state index in [0.29, 0.717) is 28.0 Å². The highest BCUT2D eigenvalue weighted by atomic mass is 16.5. The van der Waals surface area contributed by atoms with E-state index in [-0.39, 0.29) is 47.0 Å². The van der Waals surface area contributed by atoms with Crippen LogP contribution in [0.4, 0.5) is 5.69 Å². The molecule has 1 heterocycles. The minimum Gasteiger partial charge on any atom is -0.508 e. The van der Waals surface area contributed by atoms with Gasteiger partial charge in [-0.05, 0) is 66.3 Å². The molecule has 0 unspecified atom stereocenters. The number of ether oxygens (including phenoxy) is 1. The Hall–Kier alpha value is -6.29. The molecule has 8 rings (SSSR count). The number of phenolic OH excluding ortho intramolecular Hbond substituents is 1. The van der Waals surface area contributed by atoms with Crippen LogP contribution in [0.1, 0.15) is 45.8 Å². The van der Waals surface area contributed by atoms with Crippen molar-refractivity contribution in [3.05, 3.63) is 137 Å². The molecule has 4 aliphatic rings. The number of amides is 2. The van der Waals surface area contributed by atoms with Crippen LogP contribution >= 0.6 is 0 Å². The molecule has 10 nitrogen and oxygen atoms in total. The van der Waals surface area contributed by atoms with Gasteiger partial charge in [-0.2, -0.15) is 0 Å². The standard InChI is InChI=1S/C42H33NO9/c1-52-25-13-17-33(44)31(19-25)37-26-15-16-28-36(40(49)43(39(28)48)24-12-14-27(41(50)51)34(45)18-24)30(26)20-32-38(47)29(22-8-4-2-5-9-22)21-35(46)42(32,37)23-10-6-3-7-11-23/h2-15,17-19,21,28,30,32,36-37,44-45H,16,20H2,1H3,(H,50,51)/t28-,30+,32-,36-,37+,42-/m0/s1. The van der Waals surface area contributed by atoms with Gasteiger partial charge in [-0.15, -0.1) is 0 Å². The number of carboxylic acid groups (broad SMARTS) is 1. The Balaban J connectivity index is 1.35. The van der Waals surface area contributed by atoms with Crippen molar-refractivity contribution in [3.63, 3.8) is 0 Å². The maximum absolute atomic E-state index is 15.1. The summed E-state index contributed by atoms with van der Waals surface area (Å²) in [5.41, 5.74) is 0.548. The van der Waals surface area contributed by atoms with Crippen LogP contribution in [0.15, 0.2) is 115 Å². The van der Waals surface area contributed by atoms with E-state index in [1.54, 1.807) is 48.5 Å². The second-order valence-corrected chi connectivity index (χ2v) is 13.7. The number of hydrogen-bond donors (Lipinski definition) is 3. The molecule has 260 valence electrons. The third kappa shape index (κ3) is 4.67. The number of benzene rings is 4. The molecule has 1 aliphatic heterocycles. The van der Waals surface area contributed by atoms with E-state index in [4.69, 9.17) is 4.74 Å². The molecular formula is C42H33NO9. The molecule has 10 heteroatoms. The Labute approximate surface area is 298 Å². The molecule has 2 fully saturated rings. The average molecular weight is 696 g/mol. The zero-order valence-corrected chi connectivity index (χ0v) is 27.9. The van der Waals surface area contributed by atoms with Crippen LogP contribution in [0.2, 0.25) is 0 Å². The molecule has 0 bridgehead atoms. The van der Waals surface area contributed by atoms with Crippen molar-refractivity contribution in [1.82, 2.24) is 0 Å². The topological polar surface area (TPSA) is 159 Å². The minimum absolute atomic E-state index is 0.0306. The third-order valence-electron chi connectivity index (χ3n) is 11.4. The molecular weight excluding hydrogens is 662 g/mol. The number of aromatic hydroxyl groups is 2. The Morgan fingerprint density at radius 1 is 0.827 bits per heavy atom. The molecule has 4 aromatic rings. The van der Waals surface area contributed by atoms with Crippen molar-refractivity contribution in [2.75, 3.05) is 12.0 Å². The predicted molar refractivity (Wildman–Crippen MR) is 189 cm³/mol. The Morgan fingerprint density at radius 2 is 1.54 bits per heavy atom. The number of allylic oxidation sites excluding steroid dienone is 4. The number of anilines is 1. The second-order valence-electron chi connectivity index (χ2n) is 13.7. The molecule has 3 N–H and O–H groups in total. The van der Waals surface area contributed by atoms with Crippen LogP contribution in [0.5, 0.6) is 17.2 Å². The predicted octanol–water partition coefficient (Wildman–Crippen LogP) is 5.83. The number of phenols is 2. The second kappa shape index (κ2) is 12.2. The zero-order chi connectivity index (χ0) is 36.5. The van der Waals surface area contributed by atoms with Crippen LogP contribution in [-0.2, 0) is 24.6 Å². The van der Waals surface area contributed by atoms with E-state index in [1.165, 1.54) is 25.3 Å². The molecule has 2 amide bonds. The van der Waals surface area contributed by atoms with E-state index in [2.05, 4.69) is 0 Å². The lowest BCUT2D eigenvalue weighted by atomic mass is 9.44. The number of imide groups is 1. The number of carboxylic acids is 1. The van der Waals surface area contributed by atoms with Crippen molar-refractivity contribution < 1.29 is 44.0 Å². The number of methoxy groups -OCH3 is 1. The number of carbonyl (C=O) groups is 5. The lowest BCUT2D eigenvalue weighted by Crippen LogP contribution is -2.58.